The quantitative estimate of drug-likeness (QED) is 0.345. The second-order valence-corrected chi connectivity index (χ2v) is 10.8. The summed E-state index contributed by atoms with van der Waals surface area (Å²) < 4.78 is 21.2. The first kappa shape index (κ1) is 23.5. The number of hydrogen-bond acceptors (Lipinski definition) is 5. The van der Waals surface area contributed by atoms with Gasteiger partial charge in [-0.2, -0.15) is 0 Å². The molecular weight excluding hydrogens is 432 g/mol. The lowest BCUT2D eigenvalue weighted by Crippen LogP contribution is -2.41. The fourth-order valence-electron chi connectivity index (χ4n) is 3.24. The van der Waals surface area contributed by atoms with Gasteiger partial charge in [0.25, 0.3) is 0 Å². The van der Waals surface area contributed by atoms with E-state index >= 15 is 0 Å². The van der Waals surface area contributed by atoms with Gasteiger partial charge in [-0.3, -0.25) is 4.79 Å². The van der Waals surface area contributed by atoms with Crippen LogP contribution in [0.1, 0.15) is 67.5 Å². The predicted molar refractivity (Wildman–Crippen MR) is 126 cm³/mol. The highest BCUT2D eigenvalue weighted by molar-refractivity contribution is 7.90. The Morgan fingerprint density at radius 3 is 2.45 bits per heavy atom. The molecule has 31 heavy (non-hydrogen) atoms. The van der Waals surface area contributed by atoms with Crippen molar-refractivity contribution >= 4 is 28.7 Å². The van der Waals surface area contributed by atoms with E-state index in [1.807, 2.05) is 52.8 Å². The number of aryl methyl sites for hydroxylation is 1. The van der Waals surface area contributed by atoms with E-state index < -0.39 is 16.1 Å². The minimum absolute atomic E-state index is 0.113. The zero-order valence-electron chi connectivity index (χ0n) is 18.4. The van der Waals surface area contributed by atoms with Crippen LogP contribution in [0.4, 0.5) is 0 Å². The minimum Gasteiger partial charge on any atom is -0.598 e. The second-order valence-electron chi connectivity index (χ2n) is 8.35. The van der Waals surface area contributed by atoms with Gasteiger partial charge in [-0.15, -0.1) is 4.72 Å². The van der Waals surface area contributed by atoms with Gasteiger partial charge in [0.1, 0.15) is 10.8 Å². The Hall–Kier alpha value is -2.12. The van der Waals surface area contributed by atoms with Gasteiger partial charge in [0.05, 0.1) is 11.3 Å². The summed E-state index contributed by atoms with van der Waals surface area (Å²) in [5.74, 6) is 0.465. The molecule has 0 saturated heterocycles. The van der Waals surface area contributed by atoms with Crippen molar-refractivity contribution in [3.05, 3.63) is 76.1 Å². The smallest absolute Gasteiger partial charge is 0.193 e. The van der Waals surface area contributed by atoms with E-state index in [1.165, 1.54) is 0 Å². The molecule has 0 aliphatic heterocycles. The maximum atomic E-state index is 13.3. The first-order chi connectivity index (χ1) is 14.6. The van der Waals surface area contributed by atoms with Crippen LogP contribution in [-0.4, -0.2) is 20.2 Å². The molecule has 0 bridgehead atoms. The molecule has 1 N–H and O–H groups in total. The number of carbonyl (C=O) groups excluding carboxylic acids is 1. The Bertz CT molecular complexity index is 1060. The number of halogens is 1. The monoisotopic (exact) mass is 458 g/mol. The number of hydrogen-bond donors (Lipinski definition) is 1. The zero-order chi connectivity index (χ0) is 22.8. The van der Waals surface area contributed by atoms with E-state index in [4.69, 9.17) is 16.1 Å². The molecule has 2 atom stereocenters. The van der Waals surface area contributed by atoms with E-state index in [0.717, 1.165) is 11.1 Å². The Morgan fingerprint density at radius 1 is 1.19 bits per heavy atom. The van der Waals surface area contributed by atoms with Gasteiger partial charge in [-0.1, -0.05) is 47.9 Å². The standard InChI is InChI=1S/C24H27ClN2O3S/c1-6-20(27-31(29)24(3,4)5)23-21(15(2)26-30-23)18-9-7-8-10-19(18)22(28)16-11-13-17(25)14-12-16/h7-14,20,27H,6H2,1-5H3/t20-,31-/m1/s1. The normalized spacial score (nSPS) is 13.8. The van der Waals surface area contributed by atoms with Gasteiger partial charge in [-0.05, 0) is 63.9 Å². The van der Waals surface area contributed by atoms with Crippen molar-refractivity contribution in [2.45, 2.75) is 51.8 Å². The molecule has 0 radical (unpaired) electrons. The van der Waals surface area contributed by atoms with E-state index in [0.29, 0.717) is 34.0 Å². The summed E-state index contributed by atoms with van der Waals surface area (Å²) in [4.78, 5) is 13.3. The second kappa shape index (κ2) is 9.57. The summed E-state index contributed by atoms with van der Waals surface area (Å²) in [6.07, 6.45) is 0.650. The molecule has 3 aromatic rings. The molecule has 0 aliphatic rings. The van der Waals surface area contributed by atoms with Crippen LogP contribution in [-0.2, 0) is 11.4 Å². The highest BCUT2D eigenvalue weighted by atomic mass is 35.5. The number of nitrogens with one attached hydrogen (secondary N) is 1. The fraction of sp³-hybridized carbons (Fsp3) is 0.333. The number of rotatable bonds is 7. The van der Waals surface area contributed by atoms with Gasteiger partial charge in [-0.25, -0.2) is 0 Å². The molecule has 2 aromatic carbocycles. The van der Waals surface area contributed by atoms with E-state index in [9.17, 15) is 9.35 Å². The maximum Gasteiger partial charge on any atom is 0.193 e. The Kier molecular flexibility index (Phi) is 7.27. The average molecular weight is 459 g/mol. The van der Waals surface area contributed by atoms with Crippen LogP contribution in [0.15, 0.2) is 53.1 Å². The summed E-state index contributed by atoms with van der Waals surface area (Å²) in [5, 5.41) is 4.75. The molecule has 7 heteroatoms. The number of ketones is 1. The van der Waals surface area contributed by atoms with Crippen LogP contribution in [0.5, 0.6) is 0 Å². The number of aromatic nitrogens is 1. The molecular formula is C24H27ClN2O3S. The van der Waals surface area contributed by atoms with Crippen molar-refractivity contribution in [2.24, 2.45) is 0 Å². The van der Waals surface area contributed by atoms with Crippen molar-refractivity contribution in [1.82, 2.24) is 9.88 Å². The van der Waals surface area contributed by atoms with Gasteiger partial charge in [0, 0.05) is 27.5 Å². The van der Waals surface area contributed by atoms with Crippen LogP contribution in [0.2, 0.25) is 5.02 Å². The van der Waals surface area contributed by atoms with Crippen LogP contribution in [0, 0.1) is 6.92 Å². The summed E-state index contributed by atoms with van der Waals surface area (Å²) in [7, 11) is 0. The molecule has 164 valence electrons. The minimum atomic E-state index is -1.29. The highest BCUT2D eigenvalue weighted by Crippen LogP contribution is 2.36. The number of nitrogens with zero attached hydrogens (tertiary/aromatic N) is 1. The summed E-state index contributed by atoms with van der Waals surface area (Å²) in [5.41, 5.74) is 3.25. The maximum absolute atomic E-state index is 13.3. The first-order valence-electron chi connectivity index (χ1n) is 10.2. The molecule has 0 aliphatic carbocycles. The summed E-state index contributed by atoms with van der Waals surface area (Å²) in [6, 6.07) is 13.9. The molecule has 0 saturated carbocycles. The third-order valence-electron chi connectivity index (χ3n) is 4.97. The molecule has 1 aromatic heterocycles. The van der Waals surface area contributed by atoms with Gasteiger partial charge < -0.3 is 9.08 Å². The Balaban J connectivity index is 2.06. The molecule has 0 fully saturated rings. The van der Waals surface area contributed by atoms with Gasteiger partial charge in [0.2, 0.25) is 0 Å². The average Bonchev–Trinajstić information content (AvgIpc) is 3.12. The van der Waals surface area contributed by atoms with Gasteiger partial charge >= 0.3 is 0 Å². The van der Waals surface area contributed by atoms with Crippen molar-refractivity contribution in [1.29, 1.82) is 0 Å². The van der Waals surface area contributed by atoms with Crippen LogP contribution in [0.25, 0.3) is 11.1 Å². The van der Waals surface area contributed by atoms with Crippen molar-refractivity contribution in [3.63, 3.8) is 0 Å². The fourth-order valence-corrected chi connectivity index (χ4v) is 4.25. The SMILES string of the molecule is CC[C@@H](N[S@+]([O-])C(C)(C)C)c1onc(C)c1-c1ccccc1C(=O)c1ccc(Cl)cc1. The topological polar surface area (TPSA) is 78.2 Å². The number of benzene rings is 2. The van der Waals surface area contributed by atoms with Crippen LogP contribution in [0.3, 0.4) is 0 Å². The first-order valence-corrected chi connectivity index (χ1v) is 11.7. The van der Waals surface area contributed by atoms with Crippen molar-refractivity contribution in [3.8, 4) is 11.1 Å². The molecule has 3 rings (SSSR count). The van der Waals surface area contributed by atoms with Crippen LogP contribution < -0.4 is 4.72 Å². The van der Waals surface area contributed by atoms with Crippen LogP contribution >= 0.6 is 11.6 Å². The van der Waals surface area contributed by atoms with E-state index in [2.05, 4.69) is 9.88 Å². The lowest BCUT2D eigenvalue weighted by Gasteiger charge is -2.27. The lowest BCUT2D eigenvalue weighted by atomic mass is 9.91. The predicted octanol–water partition coefficient (Wildman–Crippen LogP) is 6.04. The molecule has 1 heterocycles. The molecule has 0 spiro atoms. The number of carbonyl (C=O) groups is 1. The van der Waals surface area contributed by atoms with E-state index in [-0.39, 0.29) is 11.8 Å². The highest BCUT2D eigenvalue weighted by Gasteiger charge is 2.33. The van der Waals surface area contributed by atoms with Gasteiger partial charge in [0.15, 0.2) is 11.5 Å². The molecule has 0 amide bonds. The third-order valence-corrected chi connectivity index (χ3v) is 6.83. The summed E-state index contributed by atoms with van der Waals surface area (Å²) in [6.45, 7) is 9.57. The Morgan fingerprint density at radius 2 is 1.84 bits per heavy atom. The Labute approximate surface area is 191 Å². The summed E-state index contributed by atoms with van der Waals surface area (Å²) >= 11 is 4.69. The van der Waals surface area contributed by atoms with Crippen molar-refractivity contribution in [2.75, 3.05) is 0 Å². The molecule has 0 unspecified atom stereocenters. The van der Waals surface area contributed by atoms with Crippen molar-refractivity contribution < 1.29 is 13.9 Å². The van der Waals surface area contributed by atoms with E-state index in [1.54, 1.807) is 30.3 Å². The zero-order valence-corrected chi connectivity index (χ0v) is 19.9. The lowest BCUT2D eigenvalue weighted by molar-refractivity contribution is 0.103. The third kappa shape index (κ3) is 5.21. The largest absolute Gasteiger partial charge is 0.598 e. The molecule has 5 nitrogen and oxygen atoms in total.